The number of halogens is 1. The van der Waals surface area contributed by atoms with Gasteiger partial charge >= 0.3 is 0 Å². The number of methoxy groups -OCH3 is 1. The Morgan fingerprint density at radius 2 is 1.71 bits per heavy atom. The molecule has 2 N–H and O–H groups in total. The van der Waals surface area contributed by atoms with Gasteiger partial charge in [0.1, 0.15) is 11.6 Å². The van der Waals surface area contributed by atoms with Gasteiger partial charge in [-0.15, -0.1) is 0 Å². The lowest BCUT2D eigenvalue weighted by molar-refractivity contribution is -0.121. The van der Waals surface area contributed by atoms with Crippen molar-refractivity contribution < 1.29 is 19.0 Å². The Morgan fingerprint density at radius 1 is 1.12 bits per heavy atom. The van der Waals surface area contributed by atoms with Crippen LogP contribution in [0.25, 0.3) is 0 Å². The number of hydrogen-bond acceptors (Lipinski definition) is 3. The molecule has 128 valence electrons. The molecule has 2 atom stereocenters. The zero-order valence-corrected chi connectivity index (χ0v) is 13.8. The lowest BCUT2D eigenvalue weighted by Crippen LogP contribution is -2.29. The van der Waals surface area contributed by atoms with E-state index >= 15 is 0 Å². The normalized spacial score (nSPS) is 13.2. The second-order valence-corrected chi connectivity index (χ2v) is 5.75. The van der Waals surface area contributed by atoms with Gasteiger partial charge in [-0.25, -0.2) is 4.39 Å². The maximum atomic E-state index is 12.9. The molecule has 24 heavy (non-hydrogen) atoms. The van der Waals surface area contributed by atoms with Gasteiger partial charge in [-0.1, -0.05) is 31.2 Å². The summed E-state index contributed by atoms with van der Waals surface area (Å²) in [7, 11) is 1.58. The van der Waals surface area contributed by atoms with Crippen molar-refractivity contribution in [3.05, 3.63) is 65.5 Å². The van der Waals surface area contributed by atoms with Crippen LogP contribution in [0, 0.1) is 5.82 Å². The van der Waals surface area contributed by atoms with E-state index in [0.29, 0.717) is 11.3 Å². The smallest absolute Gasteiger partial charge is 0.220 e. The minimum absolute atomic E-state index is 0.0243. The largest absolute Gasteiger partial charge is 0.497 e. The lowest BCUT2D eigenvalue weighted by Gasteiger charge is -2.15. The topological polar surface area (TPSA) is 58.6 Å². The number of rotatable bonds is 7. The molecule has 4 nitrogen and oxygen atoms in total. The van der Waals surface area contributed by atoms with E-state index in [9.17, 15) is 14.3 Å². The highest BCUT2D eigenvalue weighted by Crippen LogP contribution is 2.20. The SMILES string of the molecule is COc1ccc(C(O)CNC(=O)CC(C)c2ccc(F)cc2)cc1. The van der Waals surface area contributed by atoms with E-state index in [1.54, 1.807) is 43.5 Å². The first-order valence-electron chi connectivity index (χ1n) is 7.83. The van der Waals surface area contributed by atoms with Crippen molar-refractivity contribution in [2.75, 3.05) is 13.7 Å². The summed E-state index contributed by atoms with van der Waals surface area (Å²) in [6.45, 7) is 2.05. The molecule has 5 heteroatoms. The number of ether oxygens (including phenoxy) is 1. The van der Waals surface area contributed by atoms with E-state index in [-0.39, 0.29) is 30.6 Å². The highest BCUT2D eigenvalue weighted by Gasteiger charge is 2.13. The first kappa shape index (κ1) is 17.9. The lowest BCUT2D eigenvalue weighted by atomic mass is 9.97. The molecule has 0 aliphatic carbocycles. The van der Waals surface area contributed by atoms with Crippen LogP contribution >= 0.6 is 0 Å². The molecule has 0 aromatic heterocycles. The molecule has 0 fully saturated rings. The predicted octanol–water partition coefficient (Wildman–Crippen LogP) is 3.18. The highest BCUT2D eigenvalue weighted by atomic mass is 19.1. The van der Waals surface area contributed by atoms with Crippen LogP contribution in [0.3, 0.4) is 0 Å². The third-order valence-corrected chi connectivity index (χ3v) is 3.92. The van der Waals surface area contributed by atoms with Crippen LogP contribution in [-0.4, -0.2) is 24.7 Å². The average molecular weight is 331 g/mol. The maximum absolute atomic E-state index is 12.9. The van der Waals surface area contributed by atoms with Crippen molar-refractivity contribution in [3.63, 3.8) is 0 Å². The standard InChI is InChI=1S/C19H22FNO3/c1-13(14-3-7-16(20)8-4-14)11-19(23)21-12-18(22)15-5-9-17(24-2)10-6-15/h3-10,13,18,22H,11-12H2,1-2H3,(H,21,23). The molecular weight excluding hydrogens is 309 g/mol. The summed E-state index contributed by atoms with van der Waals surface area (Å²) in [5.74, 6) is 0.240. The Bertz CT molecular complexity index is 655. The summed E-state index contributed by atoms with van der Waals surface area (Å²) in [5.41, 5.74) is 1.62. The molecule has 0 saturated heterocycles. The molecule has 0 aliphatic heterocycles. The molecule has 2 aromatic carbocycles. The number of benzene rings is 2. The third-order valence-electron chi connectivity index (χ3n) is 3.92. The second kappa shape index (κ2) is 8.45. The van der Waals surface area contributed by atoms with Crippen LogP contribution < -0.4 is 10.1 Å². The van der Waals surface area contributed by atoms with Crippen LogP contribution in [0.2, 0.25) is 0 Å². The van der Waals surface area contributed by atoms with Crippen molar-refractivity contribution in [2.24, 2.45) is 0 Å². The van der Waals surface area contributed by atoms with Gasteiger partial charge in [-0.2, -0.15) is 0 Å². The average Bonchev–Trinajstić information content (AvgIpc) is 2.60. The Kier molecular flexibility index (Phi) is 6.32. The molecule has 2 aromatic rings. The number of nitrogens with one attached hydrogen (secondary N) is 1. The molecule has 0 aliphatic rings. The molecule has 0 radical (unpaired) electrons. The van der Waals surface area contributed by atoms with E-state index in [1.165, 1.54) is 12.1 Å². The summed E-state index contributed by atoms with van der Waals surface area (Å²) >= 11 is 0. The maximum Gasteiger partial charge on any atom is 0.220 e. The fourth-order valence-corrected chi connectivity index (χ4v) is 2.41. The monoisotopic (exact) mass is 331 g/mol. The van der Waals surface area contributed by atoms with Crippen molar-refractivity contribution in [1.29, 1.82) is 0 Å². The summed E-state index contributed by atoms with van der Waals surface area (Å²) < 4.78 is 18.0. The number of carbonyl (C=O) groups excluding carboxylic acids is 1. The Balaban J connectivity index is 1.82. The molecule has 0 spiro atoms. The molecular formula is C19H22FNO3. The number of carbonyl (C=O) groups is 1. The minimum Gasteiger partial charge on any atom is -0.497 e. The summed E-state index contributed by atoms with van der Waals surface area (Å²) in [4.78, 5) is 12.0. The fourth-order valence-electron chi connectivity index (χ4n) is 2.41. The van der Waals surface area contributed by atoms with Crippen LogP contribution in [0.1, 0.15) is 36.5 Å². The van der Waals surface area contributed by atoms with E-state index in [2.05, 4.69) is 5.32 Å². The Labute approximate surface area is 141 Å². The van der Waals surface area contributed by atoms with Gasteiger partial charge in [-0.3, -0.25) is 4.79 Å². The van der Waals surface area contributed by atoms with Crippen molar-refractivity contribution in [2.45, 2.75) is 25.4 Å². The highest BCUT2D eigenvalue weighted by molar-refractivity contribution is 5.76. The van der Waals surface area contributed by atoms with Crippen LogP contribution in [0.5, 0.6) is 5.75 Å². The van der Waals surface area contributed by atoms with E-state index in [4.69, 9.17) is 4.74 Å². The van der Waals surface area contributed by atoms with Crippen molar-refractivity contribution in [3.8, 4) is 5.75 Å². The number of aliphatic hydroxyl groups is 1. The van der Waals surface area contributed by atoms with Gasteiger partial charge in [0.2, 0.25) is 5.91 Å². The predicted molar refractivity (Wildman–Crippen MR) is 90.4 cm³/mol. The first-order chi connectivity index (χ1) is 11.5. The molecule has 2 rings (SSSR count). The molecule has 2 unspecified atom stereocenters. The Morgan fingerprint density at radius 3 is 2.29 bits per heavy atom. The quantitative estimate of drug-likeness (QED) is 0.819. The second-order valence-electron chi connectivity index (χ2n) is 5.75. The van der Waals surface area contributed by atoms with E-state index in [0.717, 1.165) is 5.56 Å². The van der Waals surface area contributed by atoms with Crippen LogP contribution in [0.15, 0.2) is 48.5 Å². The van der Waals surface area contributed by atoms with Gasteiger partial charge in [0.25, 0.3) is 0 Å². The van der Waals surface area contributed by atoms with Crippen LogP contribution in [0.4, 0.5) is 4.39 Å². The first-order valence-corrected chi connectivity index (χ1v) is 7.83. The number of amides is 1. The third kappa shape index (κ3) is 5.06. The zero-order valence-electron chi connectivity index (χ0n) is 13.8. The summed E-state index contributed by atoms with van der Waals surface area (Å²) in [6, 6.07) is 13.2. The summed E-state index contributed by atoms with van der Waals surface area (Å²) in [6.07, 6.45) is -0.498. The molecule has 1 amide bonds. The van der Waals surface area contributed by atoms with Gasteiger partial charge in [-0.05, 0) is 41.3 Å². The summed E-state index contributed by atoms with van der Waals surface area (Å²) in [5, 5.41) is 12.8. The number of hydrogen-bond donors (Lipinski definition) is 2. The fraction of sp³-hybridized carbons (Fsp3) is 0.316. The van der Waals surface area contributed by atoms with Gasteiger partial charge < -0.3 is 15.2 Å². The minimum atomic E-state index is -0.777. The van der Waals surface area contributed by atoms with Crippen molar-refractivity contribution >= 4 is 5.91 Å². The van der Waals surface area contributed by atoms with Gasteiger partial charge in [0, 0.05) is 13.0 Å². The molecule has 0 bridgehead atoms. The van der Waals surface area contributed by atoms with Gasteiger partial charge in [0.05, 0.1) is 13.2 Å². The zero-order chi connectivity index (χ0) is 17.5. The molecule has 0 heterocycles. The van der Waals surface area contributed by atoms with E-state index < -0.39 is 6.10 Å². The Hall–Kier alpha value is -2.40. The number of aliphatic hydroxyl groups excluding tert-OH is 1. The van der Waals surface area contributed by atoms with Crippen molar-refractivity contribution in [1.82, 2.24) is 5.32 Å². The van der Waals surface area contributed by atoms with E-state index in [1.807, 2.05) is 6.92 Å². The van der Waals surface area contributed by atoms with Crippen LogP contribution in [-0.2, 0) is 4.79 Å². The molecule has 0 saturated carbocycles. The van der Waals surface area contributed by atoms with Gasteiger partial charge in [0.15, 0.2) is 0 Å².